The molecular formula is C20H44N2. The van der Waals surface area contributed by atoms with E-state index in [4.69, 9.17) is 0 Å². The van der Waals surface area contributed by atoms with Crippen molar-refractivity contribution in [2.24, 2.45) is 22.7 Å². The van der Waals surface area contributed by atoms with Crippen molar-refractivity contribution in [3.63, 3.8) is 0 Å². The van der Waals surface area contributed by atoms with Gasteiger partial charge in [-0.1, -0.05) is 69.2 Å². The van der Waals surface area contributed by atoms with Crippen LogP contribution in [0.25, 0.3) is 0 Å². The quantitative estimate of drug-likeness (QED) is 0.591. The summed E-state index contributed by atoms with van der Waals surface area (Å²) in [6, 6.07) is 0. The predicted octanol–water partition coefficient (Wildman–Crippen LogP) is 4.99. The minimum absolute atomic E-state index is 0.377. The third kappa shape index (κ3) is 13.6. The van der Waals surface area contributed by atoms with Crippen molar-refractivity contribution in [1.82, 2.24) is 9.80 Å². The van der Waals surface area contributed by atoms with Crippen LogP contribution in [0.3, 0.4) is 0 Å². The molecule has 0 fully saturated rings. The SMILES string of the molecule is CC(C)CN(CCN(CC(C)C)CC(C)(C)C)CC(C)(C)C. The van der Waals surface area contributed by atoms with Crippen LogP contribution in [-0.2, 0) is 0 Å². The minimum atomic E-state index is 0.377. The lowest BCUT2D eigenvalue weighted by atomic mass is 9.95. The molecule has 0 aliphatic heterocycles. The Hall–Kier alpha value is -0.0800. The molecule has 0 saturated heterocycles. The molecule has 22 heavy (non-hydrogen) atoms. The van der Waals surface area contributed by atoms with Crippen molar-refractivity contribution >= 4 is 0 Å². The van der Waals surface area contributed by atoms with E-state index in [-0.39, 0.29) is 0 Å². The number of hydrogen-bond donors (Lipinski definition) is 0. The molecule has 0 heterocycles. The molecule has 0 saturated carbocycles. The van der Waals surface area contributed by atoms with Crippen LogP contribution >= 0.6 is 0 Å². The van der Waals surface area contributed by atoms with Crippen molar-refractivity contribution in [2.45, 2.75) is 69.2 Å². The lowest BCUT2D eigenvalue weighted by Gasteiger charge is -2.35. The summed E-state index contributed by atoms with van der Waals surface area (Å²) in [6.07, 6.45) is 0. The van der Waals surface area contributed by atoms with Crippen LogP contribution in [-0.4, -0.2) is 49.1 Å². The Kier molecular flexibility index (Phi) is 9.24. The van der Waals surface area contributed by atoms with Crippen LogP contribution in [0.4, 0.5) is 0 Å². The summed E-state index contributed by atoms with van der Waals surface area (Å²) in [5, 5.41) is 0. The summed E-state index contributed by atoms with van der Waals surface area (Å²) in [5.74, 6) is 1.48. The fourth-order valence-electron chi connectivity index (χ4n) is 3.13. The van der Waals surface area contributed by atoms with E-state index in [2.05, 4.69) is 79.0 Å². The molecular weight excluding hydrogens is 268 g/mol. The second kappa shape index (κ2) is 9.27. The van der Waals surface area contributed by atoms with Gasteiger partial charge < -0.3 is 9.80 Å². The van der Waals surface area contributed by atoms with Gasteiger partial charge in [0, 0.05) is 39.3 Å². The molecule has 0 unspecified atom stereocenters. The maximum absolute atomic E-state index is 2.67. The maximum atomic E-state index is 2.67. The van der Waals surface area contributed by atoms with Crippen molar-refractivity contribution in [2.75, 3.05) is 39.3 Å². The van der Waals surface area contributed by atoms with E-state index in [0.717, 1.165) is 11.8 Å². The van der Waals surface area contributed by atoms with Gasteiger partial charge in [0.2, 0.25) is 0 Å². The molecule has 0 aliphatic rings. The summed E-state index contributed by atoms with van der Waals surface area (Å²) in [7, 11) is 0. The highest BCUT2D eigenvalue weighted by molar-refractivity contribution is 4.75. The van der Waals surface area contributed by atoms with E-state index in [1.54, 1.807) is 0 Å². The highest BCUT2D eigenvalue weighted by Crippen LogP contribution is 2.18. The molecule has 134 valence electrons. The van der Waals surface area contributed by atoms with Crippen LogP contribution < -0.4 is 0 Å². The molecule has 0 aromatic carbocycles. The first kappa shape index (κ1) is 21.9. The fourth-order valence-corrected chi connectivity index (χ4v) is 3.13. The predicted molar refractivity (Wildman–Crippen MR) is 101 cm³/mol. The zero-order valence-corrected chi connectivity index (χ0v) is 17.3. The molecule has 0 N–H and O–H groups in total. The Morgan fingerprint density at radius 1 is 0.591 bits per heavy atom. The smallest absolute Gasteiger partial charge is 0.0110 e. The number of nitrogens with zero attached hydrogens (tertiary/aromatic N) is 2. The standard InChI is InChI=1S/C20H44N2/c1-17(2)13-21(15-19(5,6)7)11-12-22(14-18(3)4)16-20(8,9)10/h17-18H,11-16H2,1-10H3. The van der Waals surface area contributed by atoms with Gasteiger partial charge in [-0.05, 0) is 22.7 Å². The highest BCUT2D eigenvalue weighted by Gasteiger charge is 2.21. The van der Waals surface area contributed by atoms with Crippen LogP contribution in [0.1, 0.15) is 69.2 Å². The van der Waals surface area contributed by atoms with Crippen molar-refractivity contribution < 1.29 is 0 Å². The van der Waals surface area contributed by atoms with E-state index in [1.165, 1.54) is 39.3 Å². The van der Waals surface area contributed by atoms with E-state index in [9.17, 15) is 0 Å². The Labute approximate surface area is 141 Å². The van der Waals surface area contributed by atoms with Gasteiger partial charge in [0.25, 0.3) is 0 Å². The molecule has 0 spiro atoms. The molecule has 0 aromatic heterocycles. The van der Waals surface area contributed by atoms with Crippen LogP contribution in [0.5, 0.6) is 0 Å². The molecule has 0 aromatic rings. The molecule has 0 bridgehead atoms. The Bertz CT molecular complexity index is 251. The molecule has 0 rings (SSSR count). The Morgan fingerprint density at radius 2 is 0.864 bits per heavy atom. The Morgan fingerprint density at radius 3 is 1.05 bits per heavy atom. The molecule has 0 aliphatic carbocycles. The average Bonchev–Trinajstić information content (AvgIpc) is 2.19. The van der Waals surface area contributed by atoms with Gasteiger partial charge in [0.05, 0.1) is 0 Å². The van der Waals surface area contributed by atoms with E-state index >= 15 is 0 Å². The fraction of sp³-hybridized carbons (Fsp3) is 1.00. The minimum Gasteiger partial charge on any atom is -0.301 e. The third-order valence-corrected chi connectivity index (χ3v) is 3.38. The van der Waals surface area contributed by atoms with Gasteiger partial charge >= 0.3 is 0 Å². The van der Waals surface area contributed by atoms with Crippen LogP contribution in [0, 0.1) is 22.7 Å². The summed E-state index contributed by atoms with van der Waals surface area (Å²) in [6.45, 7) is 30.6. The first-order chi connectivity index (χ1) is 9.78. The third-order valence-electron chi connectivity index (χ3n) is 3.38. The summed E-state index contributed by atoms with van der Waals surface area (Å²) in [5.41, 5.74) is 0.754. The normalized spacial score (nSPS) is 13.9. The lowest BCUT2D eigenvalue weighted by Crippen LogP contribution is -2.43. The van der Waals surface area contributed by atoms with Gasteiger partial charge in [-0.2, -0.15) is 0 Å². The van der Waals surface area contributed by atoms with Gasteiger partial charge in [-0.25, -0.2) is 0 Å². The molecule has 0 amide bonds. The summed E-state index contributed by atoms with van der Waals surface area (Å²) < 4.78 is 0. The average molecular weight is 313 g/mol. The van der Waals surface area contributed by atoms with Crippen LogP contribution in [0.2, 0.25) is 0 Å². The molecule has 0 atom stereocenters. The van der Waals surface area contributed by atoms with E-state index in [0.29, 0.717) is 10.8 Å². The van der Waals surface area contributed by atoms with Gasteiger partial charge in [-0.3, -0.25) is 0 Å². The zero-order chi connectivity index (χ0) is 17.6. The second-order valence-electron chi connectivity index (χ2n) is 10.4. The van der Waals surface area contributed by atoms with Crippen molar-refractivity contribution in [3.8, 4) is 0 Å². The van der Waals surface area contributed by atoms with E-state index in [1.807, 2.05) is 0 Å². The summed E-state index contributed by atoms with van der Waals surface area (Å²) in [4.78, 5) is 5.33. The molecule has 2 heteroatoms. The summed E-state index contributed by atoms with van der Waals surface area (Å²) >= 11 is 0. The number of rotatable bonds is 9. The number of hydrogen-bond acceptors (Lipinski definition) is 2. The maximum Gasteiger partial charge on any atom is 0.0110 e. The highest BCUT2D eigenvalue weighted by atomic mass is 15.2. The van der Waals surface area contributed by atoms with E-state index < -0.39 is 0 Å². The monoisotopic (exact) mass is 312 g/mol. The lowest BCUT2D eigenvalue weighted by molar-refractivity contribution is 0.122. The second-order valence-corrected chi connectivity index (χ2v) is 10.4. The van der Waals surface area contributed by atoms with Gasteiger partial charge in [-0.15, -0.1) is 0 Å². The van der Waals surface area contributed by atoms with Crippen molar-refractivity contribution in [1.29, 1.82) is 0 Å². The van der Waals surface area contributed by atoms with Crippen molar-refractivity contribution in [3.05, 3.63) is 0 Å². The largest absolute Gasteiger partial charge is 0.301 e. The molecule has 0 radical (unpaired) electrons. The first-order valence-corrected chi connectivity index (χ1v) is 9.23. The molecule has 2 nitrogen and oxygen atoms in total. The van der Waals surface area contributed by atoms with Crippen LogP contribution in [0.15, 0.2) is 0 Å². The van der Waals surface area contributed by atoms with Gasteiger partial charge in [0.1, 0.15) is 0 Å². The first-order valence-electron chi connectivity index (χ1n) is 9.23. The topological polar surface area (TPSA) is 6.48 Å². The van der Waals surface area contributed by atoms with Gasteiger partial charge in [0.15, 0.2) is 0 Å². The zero-order valence-electron chi connectivity index (χ0n) is 17.3. The Balaban J connectivity index is 4.64.